The van der Waals surface area contributed by atoms with Gasteiger partial charge in [-0.1, -0.05) is 35.9 Å². The standard InChI is InChI=1S/C23H23FN2O3S/c1-16-8-11-21(12-9-16)30(28,29)26(22-13-17(2)7-10-18(22)3)15-23(27)25-20-6-4-5-19(24)14-20/h4-14H,15H2,1-3H3,(H,25,27). The largest absolute Gasteiger partial charge is 0.324 e. The first-order valence-electron chi connectivity index (χ1n) is 9.39. The lowest BCUT2D eigenvalue weighted by Crippen LogP contribution is -2.38. The average Bonchev–Trinajstić information content (AvgIpc) is 2.68. The van der Waals surface area contributed by atoms with Gasteiger partial charge in [-0.2, -0.15) is 0 Å². The van der Waals surface area contributed by atoms with Gasteiger partial charge in [-0.05, 0) is 68.3 Å². The van der Waals surface area contributed by atoms with Gasteiger partial charge < -0.3 is 5.32 Å². The van der Waals surface area contributed by atoms with Crippen molar-refractivity contribution in [3.8, 4) is 0 Å². The van der Waals surface area contributed by atoms with Gasteiger partial charge in [0.2, 0.25) is 5.91 Å². The van der Waals surface area contributed by atoms with E-state index in [1.54, 1.807) is 25.1 Å². The Kier molecular flexibility index (Phi) is 6.22. The van der Waals surface area contributed by atoms with Gasteiger partial charge in [0.05, 0.1) is 10.6 Å². The van der Waals surface area contributed by atoms with Crippen LogP contribution in [0.4, 0.5) is 15.8 Å². The van der Waals surface area contributed by atoms with Crippen molar-refractivity contribution in [2.45, 2.75) is 25.7 Å². The van der Waals surface area contributed by atoms with Crippen LogP contribution in [0.5, 0.6) is 0 Å². The summed E-state index contributed by atoms with van der Waals surface area (Å²) >= 11 is 0. The molecule has 0 radical (unpaired) electrons. The first-order chi connectivity index (χ1) is 14.2. The monoisotopic (exact) mass is 426 g/mol. The molecule has 3 aromatic rings. The molecule has 0 spiro atoms. The van der Waals surface area contributed by atoms with Crippen molar-refractivity contribution in [3.63, 3.8) is 0 Å². The molecule has 3 rings (SSSR count). The number of carbonyl (C=O) groups is 1. The van der Waals surface area contributed by atoms with Gasteiger partial charge in [0.1, 0.15) is 12.4 Å². The number of amides is 1. The van der Waals surface area contributed by atoms with E-state index in [-0.39, 0.29) is 10.6 Å². The molecular formula is C23H23FN2O3S. The smallest absolute Gasteiger partial charge is 0.264 e. The number of halogens is 1. The quantitative estimate of drug-likeness (QED) is 0.627. The number of nitrogens with one attached hydrogen (secondary N) is 1. The normalized spacial score (nSPS) is 11.2. The number of rotatable bonds is 6. The number of hydrogen-bond acceptors (Lipinski definition) is 3. The molecule has 0 aliphatic carbocycles. The van der Waals surface area contributed by atoms with Crippen LogP contribution in [0.3, 0.4) is 0 Å². The van der Waals surface area contributed by atoms with Crippen molar-refractivity contribution in [3.05, 3.63) is 89.2 Å². The van der Waals surface area contributed by atoms with Crippen molar-refractivity contribution in [2.24, 2.45) is 0 Å². The molecule has 0 aliphatic rings. The Labute approximate surface area is 176 Å². The maximum atomic E-state index is 13.4. The van der Waals surface area contributed by atoms with E-state index in [2.05, 4.69) is 5.32 Å². The molecule has 0 saturated carbocycles. The van der Waals surface area contributed by atoms with E-state index in [0.29, 0.717) is 5.69 Å². The molecule has 0 bridgehead atoms. The number of sulfonamides is 1. The van der Waals surface area contributed by atoms with Crippen molar-refractivity contribution < 1.29 is 17.6 Å². The molecule has 0 unspecified atom stereocenters. The average molecular weight is 427 g/mol. The lowest BCUT2D eigenvalue weighted by molar-refractivity contribution is -0.114. The number of hydrogen-bond donors (Lipinski definition) is 1. The van der Waals surface area contributed by atoms with Crippen LogP contribution in [-0.2, 0) is 14.8 Å². The summed E-state index contributed by atoms with van der Waals surface area (Å²) in [5.41, 5.74) is 3.19. The molecule has 1 N–H and O–H groups in total. The number of aryl methyl sites for hydroxylation is 3. The third-order valence-corrected chi connectivity index (χ3v) is 6.41. The fraction of sp³-hybridized carbons (Fsp3) is 0.174. The zero-order valence-corrected chi connectivity index (χ0v) is 17.8. The highest BCUT2D eigenvalue weighted by Gasteiger charge is 2.28. The number of carbonyl (C=O) groups excluding carboxylic acids is 1. The Balaban J connectivity index is 2.00. The van der Waals surface area contributed by atoms with E-state index in [1.807, 2.05) is 26.0 Å². The van der Waals surface area contributed by atoms with Gasteiger partial charge in [-0.3, -0.25) is 9.10 Å². The van der Waals surface area contributed by atoms with Crippen molar-refractivity contribution in [1.29, 1.82) is 0 Å². The Bertz CT molecular complexity index is 1180. The Morgan fingerprint density at radius 1 is 0.933 bits per heavy atom. The molecule has 0 saturated heterocycles. The Morgan fingerprint density at radius 2 is 1.60 bits per heavy atom. The summed E-state index contributed by atoms with van der Waals surface area (Å²) in [7, 11) is -4.01. The van der Waals surface area contributed by atoms with Gasteiger partial charge in [-0.15, -0.1) is 0 Å². The summed E-state index contributed by atoms with van der Waals surface area (Å²) < 4.78 is 41.4. The molecule has 5 nitrogen and oxygen atoms in total. The van der Waals surface area contributed by atoms with Crippen molar-refractivity contribution >= 4 is 27.3 Å². The fourth-order valence-electron chi connectivity index (χ4n) is 3.02. The van der Waals surface area contributed by atoms with E-state index in [4.69, 9.17) is 0 Å². The van der Waals surface area contributed by atoms with Gasteiger partial charge in [0.25, 0.3) is 10.0 Å². The molecule has 156 valence electrons. The highest BCUT2D eigenvalue weighted by atomic mass is 32.2. The molecule has 0 aromatic heterocycles. The fourth-order valence-corrected chi connectivity index (χ4v) is 4.50. The maximum absolute atomic E-state index is 13.4. The van der Waals surface area contributed by atoms with Crippen LogP contribution >= 0.6 is 0 Å². The highest BCUT2D eigenvalue weighted by Crippen LogP contribution is 2.28. The van der Waals surface area contributed by atoms with Crippen LogP contribution in [0.1, 0.15) is 16.7 Å². The molecule has 0 aliphatic heterocycles. The van der Waals surface area contributed by atoms with E-state index in [9.17, 15) is 17.6 Å². The summed E-state index contributed by atoms with van der Waals surface area (Å²) in [5, 5.41) is 2.56. The Morgan fingerprint density at radius 3 is 2.27 bits per heavy atom. The van der Waals surface area contributed by atoms with E-state index in [0.717, 1.165) is 21.0 Å². The van der Waals surface area contributed by atoms with Crippen LogP contribution in [0.2, 0.25) is 0 Å². The van der Waals surface area contributed by atoms with E-state index < -0.39 is 28.3 Å². The van der Waals surface area contributed by atoms with E-state index >= 15 is 0 Å². The first-order valence-corrected chi connectivity index (χ1v) is 10.8. The molecular weight excluding hydrogens is 403 g/mol. The van der Waals surface area contributed by atoms with Crippen molar-refractivity contribution in [2.75, 3.05) is 16.2 Å². The summed E-state index contributed by atoms with van der Waals surface area (Å²) in [6.45, 7) is 5.06. The second-order valence-electron chi connectivity index (χ2n) is 7.17. The van der Waals surface area contributed by atoms with Gasteiger partial charge >= 0.3 is 0 Å². The van der Waals surface area contributed by atoms with Gasteiger partial charge in [0, 0.05) is 5.69 Å². The van der Waals surface area contributed by atoms with Crippen LogP contribution in [0, 0.1) is 26.6 Å². The van der Waals surface area contributed by atoms with Crippen LogP contribution in [0.25, 0.3) is 0 Å². The van der Waals surface area contributed by atoms with Crippen molar-refractivity contribution in [1.82, 2.24) is 0 Å². The van der Waals surface area contributed by atoms with Gasteiger partial charge in [0.15, 0.2) is 0 Å². The third-order valence-electron chi connectivity index (χ3n) is 4.64. The predicted octanol–water partition coefficient (Wildman–Crippen LogP) is 4.58. The molecule has 0 fully saturated rings. The lowest BCUT2D eigenvalue weighted by atomic mass is 10.1. The number of benzene rings is 3. The third kappa shape index (κ3) is 4.86. The topological polar surface area (TPSA) is 66.5 Å². The zero-order valence-electron chi connectivity index (χ0n) is 17.0. The summed E-state index contributed by atoms with van der Waals surface area (Å²) in [6.07, 6.45) is 0. The predicted molar refractivity (Wildman–Crippen MR) is 117 cm³/mol. The number of nitrogens with zero attached hydrogens (tertiary/aromatic N) is 1. The second kappa shape index (κ2) is 8.67. The minimum absolute atomic E-state index is 0.0903. The summed E-state index contributed by atoms with van der Waals surface area (Å²) in [6, 6.07) is 17.3. The summed E-state index contributed by atoms with van der Waals surface area (Å²) in [4.78, 5) is 12.8. The Hall–Kier alpha value is -3.19. The molecule has 7 heteroatoms. The zero-order chi connectivity index (χ0) is 21.9. The molecule has 0 atom stereocenters. The molecule has 30 heavy (non-hydrogen) atoms. The minimum atomic E-state index is -4.01. The lowest BCUT2D eigenvalue weighted by Gasteiger charge is -2.26. The van der Waals surface area contributed by atoms with Gasteiger partial charge in [-0.25, -0.2) is 12.8 Å². The van der Waals surface area contributed by atoms with Crippen LogP contribution < -0.4 is 9.62 Å². The first kappa shape index (κ1) is 21.5. The maximum Gasteiger partial charge on any atom is 0.264 e. The minimum Gasteiger partial charge on any atom is -0.324 e. The summed E-state index contributed by atoms with van der Waals surface area (Å²) in [5.74, 6) is -1.07. The second-order valence-corrected chi connectivity index (χ2v) is 9.04. The van der Waals surface area contributed by atoms with Crippen LogP contribution in [-0.4, -0.2) is 20.9 Å². The molecule has 3 aromatic carbocycles. The van der Waals surface area contributed by atoms with E-state index in [1.165, 1.54) is 36.4 Å². The highest BCUT2D eigenvalue weighted by molar-refractivity contribution is 7.92. The SMILES string of the molecule is Cc1ccc(S(=O)(=O)N(CC(=O)Nc2cccc(F)c2)c2cc(C)ccc2C)cc1. The number of anilines is 2. The van der Waals surface area contributed by atoms with Crippen LogP contribution in [0.15, 0.2) is 71.6 Å². The molecule has 1 amide bonds. The molecule has 0 heterocycles.